The quantitative estimate of drug-likeness (QED) is 0.0756. The van der Waals surface area contributed by atoms with Gasteiger partial charge in [0.1, 0.15) is 29.0 Å². The first-order valence-electron chi connectivity index (χ1n) is 38.5. The Bertz CT molecular complexity index is 4470. The topological polar surface area (TPSA) is 271 Å². The molecule has 6 saturated heterocycles. The minimum absolute atomic E-state index is 0. The largest absolute Gasteiger partial charge is 0.478 e. The number of fused-ring (bicyclic) bond motifs is 8. The molecule has 24 nitrogen and oxygen atoms in total. The number of aryl methyl sites for hydroxylation is 3. The van der Waals surface area contributed by atoms with Gasteiger partial charge in [0.25, 0.3) is 11.8 Å². The van der Waals surface area contributed by atoms with Crippen LogP contribution >= 0.6 is 12.4 Å². The van der Waals surface area contributed by atoms with Crippen molar-refractivity contribution in [1.82, 2.24) is 80.0 Å². The molecule has 18 rings (SSSR count). The van der Waals surface area contributed by atoms with E-state index in [4.69, 9.17) is 24.1 Å². The molecule has 2 saturated carbocycles. The van der Waals surface area contributed by atoms with E-state index in [0.29, 0.717) is 89.4 Å². The molecule has 0 spiro atoms. The van der Waals surface area contributed by atoms with Gasteiger partial charge in [-0.2, -0.15) is 45.0 Å². The minimum Gasteiger partial charge on any atom is -0.478 e. The van der Waals surface area contributed by atoms with Gasteiger partial charge in [-0.25, -0.2) is 42.3 Å². The molecule has 2 amide bonds. The Morgan fingerprint density at radius 3 is 1.16 bits per heavy atom. The molecule has 8 bridgehead atoms. The number of nitrogens with one attached hydrogen (secondary N) is 1. The van der Waals surface area contributed by atoms with Crippen LogP contribution in [0, 0.1) is 79.5 Å². The summed E-state index contributed by atoms with van der Waals surface area (Å²) in [5.74, 6) is 3.05. The van der Waals surface area contributed by atoms with Gasteiger partial charge in [0.05, 0.1) is 116 Å². The zero-order valence-corrected chi connectivity index (χ0v) is 63.6. The summed E-state index contributed by atoms with van der Waals surface area (Å²) in [5, 5.41) is 37.3. The fraction of sp³-hybridized carbons (Fsp3) is 0.440. The number of hydrogen-bond acceptors (Lipinski definition) is 18. The Balaban J connectivity index is 0.000000135. The summed E-state index contributed by atoms with van der Waals surface area (Å²) in [5.41, 5.74) is 6.22. The van der Waals surface area contributed by atoms with Crippen molar-refractivity contribution < 1.29 is 56.0 Å². The number of aromatic nitrogens is 13. The maximum atomic E-state index is 13.7. The van der Waals surface area contributed by atoms with Gasteiger partial charge in [-0.05, 0) is 196 Å². The molecule has 29 heteroatoms. The third-order valence-electron chi connectivity index (χ3n) is 22.9. The lowest BCUT2D eigenvalue weighted by Gasteiger charge is -2.40. The van der Waals surface area contributed by atoms with Crippen molar-refractivity contribution in [2.45, 2.75) is 174 Å². The molecule has 11 unspecified atom stereocenters. The Labute approximate surface area is 660 Å². The molecular weight excluding hydrogens is 1470 g/mol. The maximum absolute atomic E-state index is 13.7. The summed E-state index contributed by atoms with van der Waals surface area (Å²) < 4.78 is 74.6. The minimum atomic E-state index is -0.981. The van der Waals surface area contributed by atoms with Crippen LogP contribution in [0.3, 0.4) is 0 Å². The van der Waals surface area contributed by atoms with E-state index in [1.54, 1.807) is 49.1 Å². The third kappa shape index (κ3) is 20.4. The van der Waals surface area contributed by atoms with Crippen LogP contribution in [0.1, 0.15) is 164 Å². The number of ether oxygens (including phenoxy) is 4. The number of benzene rings is 3. The Morgan fingerprint density at radius 1 is 0.416 bits per heavy atom. The van der Waals surface area contributed by atoms with E-state index in [1.807, 2.05) is 63.2 Å². The van der Waals surface area contributed by atoms with E-state index in [2.05, 4.69) is 65.6 Å². The summed E-state index contributed by atoms with van der Waals surface area (Å²) in [7, 11) is 0. The molecular formula is C84H97ClF4N16O8. The van der Waals surface area contributed by atoms with Gasteiger partial charge in [-0.3, -0.25) is 9.59 Å². The number of hydrogen-bond donors (Lipinski definition) is 2. The fourth-order valence-corrected chi connectivity index (χ4v) is 17.4. The molecule has 2 N–H and O–H groups in total. The lowest BCUT2D eigenvalue weighted by Crippen LogP contribution is -2.49. The Hall–Kier alpha value is -10.7. The van der Waals surface area contributed by atoms with E-state index < -0.39 is 5.97 Å². The van der Waals surface area contributed by atoms with Crippen molar-refractivity contribution >= 4 is 30.2 Å². The number of aromatic carboxylic acids is 1. The Kier molecular flexibility index (Phi) is 27.6. The number of rotatable bonds is 18. The van der Waals surface area contributed by atoms with Crippen molar-refractivity contribution in [2.75, 3.05) is 26.4 Å². The normalized spacial score (nSPS) is 23.2. The highest BCUT2D eigenvalue weighted by molar-refractivity contribution is 5.99. The summed E-state index contributed by atoms with van der Waals surface area (Å²) in [6, 6.07) is 30.5. The molecule has 596 valence electrons. The Morgan fingerprint density at radius 2 is 0.761 bits per heavy atom. The van der Waals surface area contributed by atoms with Crippen molar-refractivity contribution in [3.05, 3.63) is 222 Å². The number of pyridine rings is 4. The summed E-state index contributed by atoms with van der Waals surface area (Å²) in [6.07, 6.45) is 33.8. The maximum Gasteiger partial charge on any atom is 0.337 e. The van der Waals surface area contributed by atoms with Crippen LogP contribution in [-0.2, 0) is 0 Å². The average Bonchev–Trinajstić information content (AvgIpc) is 1.67. The summed E-state index contributed by atoms with van der Waals surface area (Å²) >= 11 is 0. The second-order valence-corrected chi connectivity index (χ2v) is 30.2. The molecule has 8 fully saturated rings. The van der Waals surface area contributed by atoms with Crippen LogP contribution in [0.4, 0.5) is 17.6 Å². The first-order valence-corrected chi connectivity index (χ1v) is 38.5. The van der Waals surface area contributed by atoms with Crippen LogP contribution in [0.2, 0.25) is 0 Å². The molecule has 8 aliphatic rings. The number of amides is 2. The van der Waals surface area contributed by atoms with E-state index in [-0.39, 0.29) is 96.5 Å². The fourth-order valence-electron chi connectivity index (χ4n) is 17.4. The SMILES string of the molecule is C.Cc1ccc(-n2nccn2)c(C(=O)N2C3CCC(COc4ccc(F)cn4)C2CC3)c1.Cc1ccc(-n2nccn2)c(C(=O)N2C3CCC(COc4ccc(F)cn4)[C@@H]2CC3)c1.Cc1ccc(-n2nccn2)c(C(=O)O)c1.Cl.Fc1ccc(OCC2CCC3CCC2C3)nc1.Fc1ccc(OCC2CCC3CCC2N3)nc1. The van der Waals surface area contributed by atoms with Gasteiger partial charge in [-0.15, -0.1) is 12.4 Å². The first kappa shape index (κ1) is 81.7. The highest BCUT2D eigenvalue weighted by Crippen LogP contribution is 2.46. The second-order valence-electron chi connectivity index (χ2n) is 30.2. The van der Waals surface area contributed by atoms with Gasteiger partial charge < -0.3 is 39.2 Å². The molecule has 113 heavy (non-hydrogen) atoms. The molecule has 6 aliphatic heterocycles. The van der Waals surface area contributed by atoms with Crippen LogP contribution < -0.4 is 24.3 Å². The average molecular weight is 1570 g/mol. The summed E-state index contributed by atoms with van der Waals surface area (Å²) in [6.45, 7) is 8.15. The number of carboxylic acids is 1. The smallest absolute Gasteiger partial charge is 0.337 e. The van der Waals surface area contributed by atoms with E-state index >= 15 is 0 Å². The van der Waals surface area contributed by atoms with Gasteiger partial charge in [0, 0.05) is 78.3 Å². The van der Waals surface area contributed by atoms with Gasteiger partial charge in [0.2, 0.25) is 23.5 Å². The van der Waals surface area contributed by atoms with E-state index in [0.717, 1.165) is 105 Å². The van der Waals surface area contributed by atoms with Gasteiger partial charge in [-0.1, -0.05) is 55.2 Å². The summed E-state index contributed by atoms with van der Waals surface area (Å²) in [4.78, 5) is 62.7. The number of nitrogens with zero attached hydrogens (tertiary/aromatic N) is 15. The zero-order valence-electron chi connectivity index (χ0n) is 62.8. The molecule has 12 atom stereocenters. The van der Waals surface area contributed by atoms with Crippen LogP contribution in [-0.4, -0.2) is 160 Å². The third-order valence-corrected chi connectivity index (χ3v) is 22.9. The lowest BCUT2D eigenvalue weighted by molar-refractivity contribution is 0.0395. The molecule has 7 aromatic heterocycles. The highest BCUT2D eigenvalue weighted by Gasteiger charge is 2.48. The van der Waals surface area contributed by atoms with Gasteiger partial charge in [0.15, 0.2) is 0 Å². The predicted molar refractivity (Wildman–Crippen MR) is 416 cm³/mol. The number of halogens is 5. The van der Waals surface area contributed by atoms with Gasteiger partial charge >= 0.3 is 5.97 Å². The van der Waals surface area contributed by atoms with Crippen LogP contribution in [0.15, 0.2) is 165 Å². The van der Waals surface area contributed by atoms with E-state index in [1.165, 1.54) is 133 Å². The highest BCUT2D eigenvalue weighted by atomic mass is 35.5. The van der Waals surface area contributed by atoms with Crippen molar-refractivity contribution in [2.24, 2.45) is 35.5 Å². The zero-order chi connectivity index (χ0) is 76.9. The number of carbonyl (C=O) groups is 3. The van der Waals surface area contributed by atoms with Crippen molar-refractivity contribution in [1.29, 1.82) is 0 Å². The van der Waals surface area contributed by atoms with Crippen molar-refractivity contribution in [3.63, 3.8) is 0 Å². The standard InChI is InChI=1S/2C23H24FN5O2.C14H18FNO.C13H17FN2O.C10H9N3O2.CH4.ClH/c2*1-15-2-7-21(29-26-10-11-27-29)19(12-15)23(30)28-18-5-3-16(20(28)8-6-18)14-31-22-9-4-17(24)13-25-22;15-13-5-6-14(16-8-13)17-9-12-4-2-10-1-3-11(12)7-10;14-10-2-6-13(15-7-10)17-8-9-1-3-11-4-5-12(9)16-11;1-7-2-3-9(8(6-7)10(14)15)13-11-4-5-12-13;;/h2*2,4,7,9-13,16,18,20H,3,5-6,8,14H2,1H3;5-6,8,10-12H,1-4,7,9H2;2,6-7,9,11-12,16H,1,3-5,8H2;2-6H,1H3,(H,14,15);1H4;1H/t16?,18?,20-;;;;;;/m0....../s1. The molecule has 2 aliphatic carbocycles. The number of piperidine rings is 3. The van der Waals surface area contributed by atoms with Crippen LogP contribution in [0.25, 0.3) is 17.1 Å². The number of carbonyl (C=O) groups excluding carboxylic acids is 2. The first-order chi connectivity index (χ1) is 54.0. The van der Waals surface area contributed by atoms with Crippen LogP contribution in [0.5, 0.6) is 23.5 Å². The molecule has 3 aromatic carbocycles. The molecule has 13 heterocycles. The predicted octanol–water partition coefficient (Wildman–Crippen LogP) is 15.0. The molecule has 10 aromatic rings. The van der Waals surface area contributed by atoms with E-state index in [9.17, 15) is 31.9 Å². The lowest BCUT2D eigenvalue weighted by atomic mass is 9.80. The van der Waals surface area contributed by atoms with Crippen molar-refractivity contribution in [3.8, 4) is 40.6 Å². The number of carboxylic acid groups (broad SMARTS) is 1. The molecule has 0 radical (unpaired) electrons. The monoisotopic (exact) mass is 1570 g/mol. The second kappa shape index (κ2) is 38.2.